The standard InChI is InChI=1S/C27H24BrClN4OS/c1-16-13-21(17(2)32(16)19-8-6-7-18(28)14-19)26-25(23-9-4-5-12-30-23)31-27(35)33(26)20-10-11-24(34-3)22(29)15-20/h4-15,25-26H,1-3H3,(H,31,35)/t25-,26+/m0/s1. The predicted molar refractivity (Wildman–Crippen MR) is 149 cm³/mol. The molecular formula is C27H24BrClN4OS. The number of nitrogens with one attached hydrogen (secondary N) is 1. The second-order valence-electron chi connectivity index (χ2n) is 8.46. The highest BCUT2D eigenvalue weighted by Gasteiger charge is 2.42. The number of halogens is 2. The second kappa shape index (κ2) is 9.64. The topological polar surface area (TPSA) is 42.3 Å². The molecule has 1 N–H and O–H groups in total. The highest BCUT2D eigenvalue weighted by atomic mass is 79.9. The lowest BCUT2D eigenvalue weighted by Gasteiger charge is -2.28. The molecule has 0 amide bonds. The maximum atomic E-state index is 6.52. The van der Waals surface area contributed by atoms with Gasteiger partial charge in [0.1, 0.15) is 5.75 Å². The summed E-state index contributed by atoms with van der Waals surface area (Å²) in [5, 5.41) is 4.68. The largest absolute Gasteiger partial charge is 0.495 e. The smallest absolute Gasteiger partial charge is 0.174 e. The van der Waals surface area contributed by atoms with Crippen LogP contribution >= 0.6 is 39.7 Å². The average molecular weight is 568 g/mol. The Morgan fingerprint density at radius 1 is 1.03 bits per heavy atom. The van der Waals surface area contributed by atoms with E-state index in [1.165, 1.54) is 0 Å². The average Bonchev–Trinajstić information content (AvgIpc) is 3.34. The summed E-state index contributed by atoms with van der Waals surface area (Å²) in [5.74, 6) is 0.624. The summed E-state index contributed by atoms with van der Waals surface area (Å²) in [7, 11) is 1.61. The number of benzene rings is 2. The van der Waals surface area contributed by atoms with Gasteiger partial charge >= 0.3 is 0 Å². The number of aromatic nitrogens is 2. The van der Waals surface area contributed by atoms with E-state index in [1.54, 1.807) is 7.11 Å². The summed E-state index contributed by atoms with van der Waals surface area (Å²) < 4.78 is 8.68. The Labute approximate surface area is 223 Å². The number of rotatable bonds is 5. The second-order valence-corrected chi connectivity index (χ2v) is 10.2. The van der Waals surface area contributed by atoms with Gasteiger partial charge in [-0.3, -0.25) is 4.98 Å². The molecule has 0 radical (unpaired) electrons. The van der Waals surface area contributed by atoms with Gasteiger partial charge in [0, 0.05) is 33.4 Å². The van der Waals surface area contributed by atoms with Crippen molar-refractivity contribution in [2.75, 3.05) is 12.0 Å². The molecule has 1 aliphatic rings. The summed E-state index contributed by atoms with van der Waals surface area (Å²) in [6.07, 6.45) is 1.81. The van der Waals surface area contributed by atoms with Gasteiger partial charge in [-0.25, -0.2) is 0 Å². The molecule has 0 aliphatic carbocycles. The van der Waals surface area contributed by atoms with Gasteiger partial charge in [0.05, 0.1) is 29.9 Å². The fourth-order valence-electron chi connectivity index (χ4n) is 4.85. The zero-order chi connectivity index (χ0) is 24.7. The molecule has 1 aliphatic heterocycles. The van der Waals surface area contributed by atoms with Gasteiger partial charge < -0.3 is 19.5 Å². The molecular weight excluding hydrogens is 544 g/mol. The van der Waals surface area contributed by atoms with Crippen molar-refractivity contribution >= 4 is 50.5 Å². The molecule has 5 nitrogen and oxygen atoms in total. The molecule has 0 unspecified atom stereocenters. The Morgan fingerprint density at radius 3 is 2.54 bits per heavy atom. The number of methoxy groups -OCH3 is 1. The first kappa shape index (κ1) is 23.9. The molecule has 178 valence electrons. The van der Waals surface area contributed by atoms with Crippen LogP contribution in [0.2, 0.25) is 5.02 Å². The predicted octanol–water partition coefficient (Wildman–Crippen LogP) is 7.09. The number of pyridine rings is 1. The quantitative estimate of drug-likeness (QED) is 0.261. The van der Waals surface area contributed by atoms with E-state index in [4.69, 9.17) is 28.6 Å². The zero-order valence-electron chi connectivity index (χ0n) is 19.5. The van der Waals surface area contributed by atoms with E-state index in [-0.39, 0.29) is 12.1 Å². The number of thiocarbonyl (C=S) groups is 1. The Hall–Kier alpha value is -2.87. The van der Waals surface area contributed by atoms with Gasteiger partial charge in [-0.1, -0.05) is 39.7 Å². The normalized spacial score (nSPS) is 17.5. The minimum absolute atomic E-state index is 0.131. The number of ether oxygens (including phenoxy) is 1. The van der Waals surface area contributed by atoms with Crippen LogP contribution in [0.15, 0.2) is 77.4 Å². The van der Waals surface area contributed by atoms with E-state index in [2.05, 4.69) is 67.7 Å². The van der Waals surface area contributed by atoms with Gasteiger partial charge in [-0.15, -0.1) is 0 Å². The van der Waals surface area contributed by atoms with Gasteiger partial charge in [-0.05, 0) is 86.2 Å². The maximum absolute atomic E-state index is 6.52. The third-order valence-electron chi connectivity index (χ3n) is 6.37. The molecule has 3 heterocycles. The van der Waals surface area contributed by atoms with E-state index in [0.717, 1.165) is 38.5 Å². The number of nitrogens with zero attached hydrogens (tertiary/aromatic N) is 3. The van der Waals surface area contributed by atoms with Gasteiger partial charge in [0.2, 0.25) is 0 Å². The molecule has 2 aromatic heterocycles. The SMILES string of the molecule is COc1ccc(N2C(=S)N[C@@H](c3ccccn3)[C@H]2c2cc(C)n(-c3cccc(Br)c3)c2C)cc1Cl. The Kier molecular flexibility index (Phi) is 6.57. The van der Waals surface area contributed by atoms with Crippen LogP contribution < -0.4 is 15.0 Å². The maximum Gasteiger partial charge on any atom is 0.174 e. The molecule has 35 heavy (non-hydrogen) atoms. The molecule has 2 atom stereocenters. The van der Waals surface area contributed by atoms with Crippen molar-refractivity contribution in [2.45, 2.75) is 25.9 Å². The third-order valence-corrected chi connectivity index (χ3v) is 7.47. The number of hydrogen-bond acceptors (Lipinski definition) is 3. The van der Waals surface area contributed by atoms with Gasteiger partial charge in [0.15, 0.2) is 5.11 Å². The van der Waals surface area contributed by atoms with Crippen LogP contribution in [0.5, 0.6) is 5.75 Å². The number of hydrogen-bond donors (Lipinski definition) is 1. The lowest BCUT2D eigenvalue weighted by atomic mass is 9.96. The fraction of sp³-hybridized carbons (Fsp3) is 0.185. The van der Waals surface area contributed by atoms with Crippen molar-refractivity contribution in [3.05, 3.63) is 105 Å². The molecule has 1 fully saturated rings. The van der Waals surface area contributed by atoms with Crippen LogP contribution in [-0.2, 0) is 0 Å². The molecule has 0 bridgehead atoms. The molecule has 0 saturated carbocycles. The van der Waals surface area contributed by atoms with Crippen LogP contribution in [0.1, 0.15) is 34.7 Å². The van der Waals surface area contributed by atoms with E-state index in [1.807, 2.05) is 54.7 Å². The summed E-state index contributed by atoms with van der Waals surface area (Å²) in [5.41, 5.74) is 6.36. The minimum Gasteiger partial charge on any atom is -0.495 e. The van der Waals surface area contributed by atoms with Crippen molar-refractivity contribution in [2.24, 2.45) is 0 Å². The van der Waals surface area contributed by atoms with Crippen LogP contribution in [0.25, 0.3) is 5.69 Å². The Bertz CT molecular complexity index is 1410. The molecule has 2 aromatic carbocycles. The lowest BCUT2D eigenvalue weighted by Crippen LogP contribution is -2.29. The molecule has 1 saturated heterocycles. The van der Waals surface area contributed by atoms with E-state index >= 15 is 0 Å². The van der Waals surface area contributed by atoms with Crippen molar-refractivity contribution in [3.63, 3.8) is 0 Å². The monoisotopic (exact) mass is 566 g/mol. The molecule has 4 aromatic rings. The summed E-state index contributed by atoms with van der Waals surface area (Å²) >= 11 is 16.0. The summed E-state index contributed by atoms with van der Waals surface area (Å²) in [4.78, 5) is 6.80. The highest BCUT2D eigenvalue weighted by Crippen LogP contribution is 2.45. The van der Waals surface area contributed by atoms with Crippen LogP contribution in [0, 0.1) is 13.8 Å². The molecule has 5 rings (SSSR count). The molecule has 8 heteroatoms. The van der Waals surface area contributed by atoms with Crippen LogP contribution in [0.3, 0.4) is 0 Å². The zero-order valence-corrected chi connectivity index (χ0v) is 22.7. The summed E-state index contributed by atoms with van der Waals surface area (Å²) in [6, 6.07) is 22.0. The Morgan fingerprint density at radius 2 is 1.86 bits per heavy atom. The van der Waals surface area contributed by atoms with Crippen molar-refractivity contribution < 1.29 is 4.74 Å². The van der Waals surface area contributed by atoms with Gasteiger partial charge in [-0.2, -0.15) is 0 Å². The number of aryl methyl sites for hydroxylation is 1. The first-order valence-electron chi connectivity index (χ1n) is 11.2. The first-order chi connectivity index (χ1) is 16.9. The van der Waals surface area contributed by atoms with Crippen molar-refractivity contribution in [1.29, 1.82) is 0 Å². The molecule has 0 spiro atoms. The van der Waals surface area contributed by atoms with Crippen LogP contribution in [0.4, 0.5) is 5.69 Å². The van der Waals surface area contributed by atoms with E-state index in [9.17, 15) is 0 Å². The number of anilines is 1. The highest BCUT2D eigenvalue weighted by molar-refractivity contribution is 9.10. The van der Waals surface area contributed by atoms with Crippen molar-refractivity contribution in [3.8, 4) is 11.4 Å². The third kappa shape index (κ3) is 4.33. The Balaban J connectivity index is 1.68. The van der Waals surface area contributed by atoms with E-state index < -0.39 is 0 Å². The minimum atomic E-state index is -0.138. The van der Waals surface area contributed by atoms with Crippen molar-refractivity contribution in [1.82, 2.24) is 14.9 Å². The van der Waals surface area contributed by atoms with Gasteiger partial charge in [0.25, 0.3) is 0 Å². The first-order valence-corrected chi connectivity index (χ1v) is 12.8. The van der Waals surface area contributed by atoms with Crippen LogP contribution in [-0.4, -0.2) is 21.8 Å². The lowest BCUT2D eigenvalue weighted by molar-refractivity contribution is 0.415. The fourth-order valence-corrected chi connectivity index (χ4v) is 5.84. The summed E-state index contributed by atoms with van der Waals surface area (Å²) in [6.45, 7) is 4.28. The van der Waals surface area contributed by atoms with E-state index in [0.29, 0.717) is 15.9 Å².